The summed E-state index contributed by atoms with van der Waals surface area (Å²) in [6.45, 7) is 1.86. The summed E-state index contributed by atoms with van der Waals surface area (Å²) in [5.41, 5.74) is 0.0335. The third-order valence-electron chi connectivity index (χ3n) is 5.43. The maximum atomic E-state index is 15.3. The topological polar surface area (TPSA) is 25.2 Å². The molecule has 2 heterocycles. The highest BCUT2D eigenvalue weighted by atomic mass is 35.5. The molecule has 0 unspecified atom stereocenters. The third-order valence-corrected chi connectivity index (χ3v) is 5.78. The second-order valence-electron chi connectivity index (χ2n) is 7.23. The number of rotatable bonds is 4. The minimum atomic E-state index is -1.30. The van der Waals surface area contributed by atoms with E-state index >= 15 is 4.39 Å². The molecule has 2 fully saturated rings. The van der Waals surface area contributed by atoms with Gasteiger partial charge in [0.1, 0.15) is 10.7 Å². The first kappa shape index (κ1) is 16.6. The van der Waals surface area contributed by atoms with E-state index in [-0.39, 0.29) is 10.6 Å². The Kier molecular flexibility index (Phi) is 4.32. The first-order chi connectivity index (χ1) is 12.1. The first-order valence-electron chi connectivity index (χ1n) is 8.95. The van der Waals surface area contributed by atoms with Gasteiger partial charge in [0, 0.05) is 38.7 Å². The van der Waals surface area contributed by atoms with Crippen molar-refractivity contribution in [3.05, 3.63) is 63.5 Å². The van der Waals surface area contributed by atoms with E-state index < -0.39 is 5.67 Å². The number of benzene rings is 1. The van der Waals surface area contributed by atoms with Crippen LogP contribution in [0.15, 0.2) is 47.4 Å². The highest BCUT2D eigenvalue weighted by Crippen LogP contribution is 2.39. The van der Waals surface area contributed by atoms with Crippen LogP contribution >= 0.6 is 11.6 Å². The summed E-state index contributed by atoms with van der Waals surface area (Å²) in [5.74, 6) is 0.618. The van der Waals surface area contributed by atoms with Gasteiger partial charge in [0.05, 0.1) is 5.69 Å². The van der Waals surface area contributed by atoms with Gasteiger partial charge in [0.2, 0.25) is 0 Å². The molecule has 1 aromatic heterocycles. The van der Waals surface area contributed by atoms with Crippen molar-refractivity contribution in [2.24, 2.45) is 5.92 Å². The fourth-order valence-corrected chi connectivity index (χ4v) is 3.92. The fraction of sp³-hybridized carbons (Fsp3) is 0.450. The highest BCUT2D eigenvalue weighted by molar-refractivity contribution is 6.33. The molecule has 0 atom stereocenters. The van der Waals surface area contributed by atoms with Crippen molar-refractivity contribution in [1.82, 2.24) is 4.57 Å². The molecule has 4 rings (SSSR count). The largest absolute Gasteiger partial charge is 0.370 e. The van der Waals surface area contributed by atoms with Crippen molar-refractivity contribution in [2.45, 2.75) is 37.9 Å². The number of pyridine rings is 1. The Labute approximate surface area is 152 Å². The Balaban J connectivity index is 1.51. The molecule has 132 valence electrons. The second kappa shape index (κ2) is 6.49. The molecule has 1 saturated carbocycles. The average molecular weight is 361 g/mol. The van der Waals surface area contributed by atoms with Crippen LogP contribution < -0.4 is 10.5 Å². The van der Waals surface area contributed by atoms with Gasteiger partial charge in [-0.3, -0.25) is 4.79 Å². The summed E-state index contributed by atoms with van der Waals surface area (Å²) in [6, 6.07) is 11.3. The standard InChI is InChI=1S/C20H22ClFN2O/c21-18-17(8-11-24(19(18)25)14-15-6-7-15)23-12-9-20(22,10-13-23)16-4-2-1-3-5-16/h1-5,8,11,15H,6-7,9-10,12-14H2. The second-order valence-corrected chi connectivity index (χ2v) is 7.61. The van der Waals surface area contributed by atoms with Gasteiger partial charge in [-0.15, -0.1) is 0 Å². The third kappa shape index (κ3) is 3.32. The number of hydrogen-bond donors (Lipinski definition) is 0. The molecular weight excluding hydrogens is 339 g/mol. The monoisotopic (exact) mass is 360 g/mol. The van der Waals surface area contributed by atoms with Crippen LogP contribution in [0.1, 0.15) is 31.2 Å². The first-order valence-corrected chi connectivity index (χ1v) is 9.33. The molecule has 0 N–H and O–H groups in total. The molecular formula is C20H22ClFN2O. The lowest BCUT2D eigenvalue weighted by Gasteiger charge is -2.38. The molecule has 0 spiro atoms. The molecule has 2 aromatic rings. The van der Waals surface area contributed by atoms with Crippen LogP contribution in [0.4, 0.5) is 10.1 Å². The summed E-state index contributed by atoms with van der Waals surface area (Å²) >= 11 is 6.35. The molecule has 1 aromatic carbocycles. The lowest BCUT2D eigenvalue weighted by atomic mass is 9.86. The quantitative estimate of drug-likeness (QED) is 0.808. The van der Waals surface area contributed by atoms with Crippen molar-refractivity contribution in [2.75, 3.05) is 18.0 Å². The van der Waals surface area contributed by atoms with E-state index in [0.29, 0.717) is 31.8 Å². The zero-order chi connectivity index (χ0) is 17.4. The van der Waals surface area contributed by atoms with E-state index in [4.69, 9.17) is 11.6 Å². The number of nitrogens with zero attached hydrogens (tertiary/aromatic N) is 2. The maximum Gasteiger partial charge on any atom is 0.271 e. The van der Waals surface area contributed by atoms with Gasteiger partial charge in [-0.1, -0.05) is 41.9 Å². The summed E-state index contributed by atoms with van der Waals surface area (Å²) < 4.78 is 17.0. The van der Waals surface area contributed by atoms with E-state index in [2.05, 4.69) is 0 Å². The number of alkyl halides is 1. The molecule has 2 aliphatic rings. The average Bonchev–Trinajstić information content (AvgIpc) is 3.45. The summed E-state index contributed by atoms with van der Waals surface area (Å²) in [6.07, 6.45) is 5.01. The van der Waals surface area contributed by atoms with E-state index in [1.807, 2.05) is 47.5 Å². The minimum absolute atomic E-state index is 0.133. The van der Waals surface area contributed by atoms with Crippen LogP contribution in [-0.4, -0.2) is 17.7 Å². The number of hydrogen-bond acceptors (Lipinski definition) is 2. The van der Waals surface area contributed by atoms with Crippen molar-refractivity contribution in [1.29, 1.82) is 0 Å². The Bertz CT molecular complexity index is 808. The van der Waals surface area contributed by atoms with Crippen molar-refractivity contribution in [3.63, 3.8) is 0 Å². The van der Waals surface area contributed by atoms with Crippen molar-refractivity contribution in [3.8, 4) is 0 Å². The minimum Gasteiger partial charge on any atom is -0.370 e. The molecule has 1 aliphatic carbocycles. The molecule has 5 heteroatoms. The number of halogens is 2. The van der Waals surface area contributed by atoms with Crippen LogP contribution in [0.25, 0.3) is 0 Å². The Morgan fingerprint density at radius 3 is 2.44 bits per heavy atom. The van der Waals surface area contributed by atoms with Gasteiger partial charge in [-0.25, -0.2) is 4.39 Å². The smallest absolute Gasteiger partial charge is 0.271 e. The van der Waals surface area contributed by atoms with Crippen LogP contribution in [0.5, 0.6) is 0 Å². The van der Waals surface area contributed by atoms with E-state index in [1.54, 1.807) is 4.57 Å². The normalized spacial score (nSPS) is 19.8. The van der Waals surface area contributed by atoms with Gasteiger partial charge < -0.3 is 9.47 Å². The van der Waals surface area contributed by atoms with E-state index in [0.717, 1.165) is 17.8 Å². The Hall–Kier alpha value is -1.81. The summed E-state index contributed by atoms with van der Waals surface area (Å²) in [7, 11) is 0. The zero-order valence-corrected chi connectivity index (χ0v) is 14.9. The molecule has 0 radical (unpaired) electrons. The van der Waals surface area contributed by atoms with Crippen molar-refractivity contribution < 1.29 is 4.39 Å². The molecule has 0 bridgehead atoms. The van der Waals surface area contributed by atoms with E-state index in [9.17, 15) is 4.79 Å². The Morgan fingerprint density at radius 1 is 1.12 bits per heavy atom. The van der Waals surface area contributed by atoms with Crippen LogP contribution in [0.3, 0.4) is 0 Å². The van der Waals surface area contributed by atoms with E-state index in [1.165, 1.54) is 12.8 Å². The van der Waals surface area contributed by atoms with Crippen LogP contribution in [0, 0.1) is 5.92 Å². The van der Waals surface area contributed by atoms with Gasteiger partial charge in [0.15, 0.2) is 0 Å². The number of aromatic nitrogens is 1. The molecule has 1 aliphatic heterocycles. The summed E-state index contributed by atoms with van der Waals surface area (Å²) in [5, 5.41) is 0.259. The predicted molar refractivity (Wildman–Crippen MR) is 99.1 cm³/mol. The zero-order valence-electron chi connectivity index (χ0n) is 14.1. The number of anilines is 1. The SMILES string of the molecule is O=c1c(Cl)c(N2CCC(F)(c3ccccc3)CC2)ccn1CC1CC1. The van der Waals surface area contributed by atoms with Crippen LogP contribution in [-0.2, 0) is 12.2 Å². The van der Waals surface area contributed by atoms with Gasteiger partial charge in [-0.05, 0) is 30.4 Å². The molecule has 25 heavy (non-hydrogen) atoms. The lowest BCUT2D eigenvalue weighted by molar-refractivity contribution is 0.125. The molecule has 0 amide bonds. The van der Waals surface area contributed by atoms with Gasteiger partial charge in [-0.2, -0.15) is 0 Å². The van der Waals surface area contributed by atoms with Gasteiger partial charge >= 0.3 is 0 Å². The Morgan fingerprint density at radius 2 is 1.80 bits per heavy atom. The van der Waals surface area contributed by atoms with Crippen molar-refractivity contribution >= 4 is 17.3 Å². The maximum absolute atomic E-state index is 15.3. The lowest BCUT2D eigenvalue weighted by Crippen LogP contribution is -2.41. The van der Waals surface area contributed by atoms with Gasteiger partial charge in [0.25, 0.3) is 5.56 Å². The fourth-order valence-electron chi connectivity index (χ4n) is 3.63. The number of piperidine rings is 1. The molecule has 1 saturated heterocycles. The van der Waals surface area contributed by atoms with Crippen LogP contribution in [0.2, 0.25) is 5.02 Å². The predicted octanol–water partition coefficient (Wildman–Crippen LogP) is 4.38. The highest BCUT2D eigenvalue weighted by Gasteiger charge is 2.36. The molecule has 3 nitrogen and oxygen atoms in total. The summed E-state index contributed by atoms with van der Waals surface area (Å²) in [4.78, 5) is 14.5.